The molecular weight excluding hydrogens is 346 g/mol. The predicted octanol–water partition coefficient (Wildman–Crippen LogP) is 3.53. The molecule has 2 atom stereocenters. The second-order valence-electron chi connectivity index (χ2n) is 7.95. The molecule has 1 rings (SSSR count). The number of hydrogen-bond donors (Lipinski definition) is 1. The molecule has 6 nitrogen and oxygen atoms in total. The summed E-state index contributed by atoms with van der Waals surface area (Å²) < 4.78 is 10.1. The number of Topliss-reactive ketones (excluding diaryl/α,β-unsaturated/α-hetero) is 1. The molecule has 0 spiro atoms. The lowest BCUT2D eigenvalue weighted by atomic mass is 9.89. The van der Waals surface area contributed by atoms with Crippen LogP contribution in [0.1, 0.15) is 46.6 Å². The summed E-state index contributed by atoms with van der Waals surface area (Å²) in [4.78, 5) is 37.1. The molecule has 1 aromatic carbocycles. The van der Waals surface area contributed by atoms with Gasteiger partial charge in [0, 0.05) is 6.42 Å². The smallest absolute Gasteiger partial charge is 0.408 e. The number of methoxy groups -OCH3 is 1. The quantitative estimate of drug-likeness (QED) is 0.701. The van der Waals surface area contributed by atoms with Crippen LogP contribution in [0.3, 0.4) is 0 Å². The van der Waals surface area contributed by atoms with E-state index < -0.39 is 29.6 Å². The van der Waals surface area contributed by atoms with Crippen molar-refractivity contribution in [2.75, 3.05) is 7.11 Å². The van der Waals surface area contributed by atoms with Gasteiger partial charge in [-0.25, -0.2) is 4.79 Å². The number of amides is 1. The van der Waals surface area contributed by atoms with Gasteiger partial charge in [0.1, 0.15) is 5.60 Å². The topological polar surface area (TPSA) is 81.7 Å². The molecule has 27 heavy (non-hydrogen) atoms. The third-order valence-corrected chi connectivity index (χ3v) is 3.99. The first-order valence-corrected chi connectivity index (χ1v) is 9.17. The van der Waals surface area contributed by atoms with Crippen molar-refractivity contribution in [1.29, 1.82) is 0 Å². The van der Waals surface area contributed by atoms with Gasteiger partial charge in [-0.3, -0.25) is 9.59 Å². The fraction of sp³-hybridized carbons (Fsp3) is 0.571. The van der Waals surface area contributed by atoms with Gasteiger partial charge in [-0.2, -0.15) is 0 Å². The number of ketones is 1. The van der Waals surface area contributed by atoms with Gasteiger partial charge in [-0.05, 0) is 38.7 Å². The molecule has 0 aliphatic carbocycles. The molecule has 0 saturated heterocycles. The second-order valence-corrected chi connectivity index (χ2v) is 7.95. The predicted molar refractivity (Wildman–Crippen MR) is 103 cm³/mol. The minimum atomic E-state index is -0.734. The number of esters is 1. The van der Waals surface area contributed by atoms with Gasteiger partial charge in [0.15, 0.2) is 5.78 Å². The highest BCUT2D eigenvalue weighted by Gasteiger charge is 2.31. The summed E-state index contributed by atoms with van der Waals surface area (Å²) in [6, 6.07) is 8.72. The number of nitrogens with one attached hydrogen (secondary N) is 1. The van der Waals surface area contributed by atoms with E-state index >= 15 is 0 Å². The van der Waals surface area contributed by atoms with Crippen LogP contribution in [0.4, 0.5) is 4.79 Å². The summed E-state index contributed by atoms with van der Waals surface area (Å²) in [6.45, 7) is 8.94. The fourth-order valence-electron chi connectivity index (χ4n) is 2.73. The molecule has 0 unspecified atom stereocenters. The van der Waals surface area contributed by atoms with Crippen LogP contribution in [0.25, 0.3) is 0 Å². The van der Waals surface area contributed by atoms with Crippen molar-refractivity contribution in [3.63, 3.8) is 0 Å². The van der Waals surface area contributed by atoms with E-state index in [0.29, 0.717) is 6.42 Å². The zero-order valence-electron chi connectivity index (χ0n) is 17.1. The van der Waals surface area contributed by atoms with Crippen LogP contribution in [-0.4, -0.2) is 36.6 Å². The summed E-state index contributed by atoms with van der Waals surface area (Å²) >= 11 is 0. The Labute approximate surface area is 161 Å². The molecule has 0 bridgehead atoms. The third-order valence-electron chi connectivity index (χ3n) is 3.99. The van der Waals surface area contributed by atoms with E-state index in [1.807, 2.05) is 44.2 Å². The average molecular weight is 377 g/mol. The van der Waals surface area contributed by atoms with Crippen molar-refractivity contribution in [3.8, 4) is 0 Å². The molecule has 1 amide bonds. The highest BCUT2D eigenvalue weighted by atomic mass is 16.6. The summed E-state index contributed by atoms with van der Waals surface area (Å²) in [5.41, 5.74) is 0.290. The Hall–Kier alpha value is -2.37. The number of rotatable bonds is 8. The van der Waals surface area contributed by atoms with Gasteiger partial charge < -0.3 is 14.8 Å². The minimum absolute atomic E-state index is 0.0137. The Morgan fingerprint density at radius 2 is 1.67 bits per heavy atom. The number of alkyl carbamates (subject to hydrolysis) is 1. The molecule has 0 radical (unpaired) electrons. The summed E-state index contributed by atoms with van der Waals surface area (Å²) in [5.74, 6) is -1.40. The van der Waals surface area contributed by atoms with E-state index in [1.165, 1.54) is 7.11 Å². The zero-order valence-corrected chi connectivity index (χ0v) is 17.1. The van der Waals surface area contributed by atoms with Gasteiger partial charge in [0.05, 0.1) is 19.1 Å². The normalized spacial score (nSPS) is 13.6. The second kappa shape index (κ2) is 10.1. The first-order valence-electron chi connectivity index (χ1n) is 9.17. The Morgan fingerprint density at radius 3 is 2.15 bits per heavy atom. The van der Waals surface area contributed by atoms with Crippen LogP contribution in [0.5, 0.6) is 0 Å². The number of hydrogen-bond acceptors (Lipinski definition) is 5. The number of benzene rings is 1. The van der Waals surface area contributed by atoms with E-state index in [1.54, 1.807) is 20.8 Å². The standard InChI is InChI=1S/C21H31NO5/c1-14(2)18(22-20(25)27-21(3,4)5)17(23)13-16(19(24)26-6)12-15-10-8-7-9-11-15/h7-11,14,16,18H,12-13H2,1-6H3,(H,22,25)/t16-,18-/m1/s1. The molecule has 0 aliphatic rings. The number of ether oxygens (including phenoxy) is 2. The van der Waals surface area contributed by atoms with Crippen molar-refractivity contribution in [2.24, 2.45) is 11.8 Å². The monoisotopic (exact) mass is 377 g/mol. The maximum Gasteiger partial charge on any atom is 0.408 e. The molecular formula is C21H31NO5. The maximum atomic E-state index is 12.8. The number of carbonyl (C=O) groups is 3. The highest BCUT2D eigenvalue weighted by molar-refractivity contribution is 5.90. The molecule has 0 aliphatic heterocycles. The summed E-state index contributed by atoms with van der Waals surface area (Å²) in [5, 5.41) is 2.64. The zero-order chi connectivity index (χ0) is 20.6. The van der Waals surface area contributed by atoms with Gasteiger partial charge in [0.2, 0.25) is 0 Å². The Bertz CT molecular complexity index is 634. The molecule has 6 heteroatoms. The minimum Gasteiger partial charge on any atom is -0.469 e. The van der Waals surface area contributed by atoms with Crippen LogP contribution in [0, 0.1) is 11.8 Å². The van der Waals surface area contributed by atoms with Crippen molar-refractivity contribution < 1.29 is 23.9 Å². The van der Waals surface area contributed by atoms with Crippen LogP contribution < -0.4 is 5.32 Å². The molecule has 0 aromatic heterocycles. The largest absolute Gasteiger partial charge is 0.469 e. The molecule has 1 aromatic rings. The average Bonchev–Trinajstić information content (AvgIpc) is 2.57. The van der Waals surface area contributed by atoms with Gasteiger partial charge in [0.25, 0.3) is 0 Å². The van der Waals surface area contributed by atoms with E-state index in [9.17, 15) is 14.4 Å². The van der Waals surface area contributed by atoms with Crippen LogP contribution in [-0.2, 0) is 25.5 Å². The lowest BCUT2D eigenvalue weighted by molar-refractivity contribution is -0.147. The van der Waals surface area contributed by atoms with Gasteiger partial charge >= 0.3 is 12.1 Å². The first-order chi connectivity index (χ1) is 12.5. The van der Waals surface area contributed by atoms with E-state index in [0.717, 1.165) is 5.56 Å². The Kier molecular flexibility index (Phi) is 8.47. The van der Waals surface area contributed by atoms with E-state index in [-0.39, 0.29) is 18.1 Å². The van der Waals surface area contributed by atoms with Crippen LogP contribution in [0.2, 0.25) is 0 Å². The molecule has 0 fully saturated rings. The first kappa shape index (κ1) is 22.7. The maximum absolute atomic E-state index is 12.8. The van der Waals surface area contributed by atoms with Crippen molar-refractivity contribution in [1.82, 2.24) is 5.32 Å². The van der Waals surface area contributed by atoms with Crippen LogP contribution in [0.15, 0.2) is 30.3 Å². The summed E-state index contributed by atoms with van der Waals surface area (Å²) in [7, 11) is 1.31. The van der Waals surface area contributed by atoms with E-state index in [2.05, 4.69) is 5.32 Å². The van der Waals surface area contributed by atoms with Crippen molar-refractivity contribution >= 4 is 17.8 Å². The third kappa shape index (κ3) is 8.24. The van der Waals surface area contributed by atoms with Gasteiger partial charge in [-0.1, -0.05) is 44.2 Å². The lowest BCUT2D eigenvalue weighted by Gasteiger charge is -2.26. The van der Waals surface area contributed by atoms with Crippen molar-refractivity contribution in [2.45, 2.75) is 59.1 Å². The Morgan fingerprint density at radius 1 is 1.07 bits per heavy atom. The molecule has 150 valence electrons. The lowest BCUT2D eigenvalue weighted by Crippen LogP contribution is -2.47. The van der Waals surface area contributed by atoms with E-state index in [4.69, 9.17) is 9.47 Å². The van der Waals surface area contributed by atoms with Crippen molar-refractivity contribution in [3.05, 3.63) is 35.9 Å². The van der Waals surface area contributed by atoms with Gasteiger partial charge in [-0.15, -0.1) is 0 Å². The summed E-state index contributed by atoms with van der Waals surface area (Å²) in [6.07, 6.45) is -0.260. The Balaban J connectivity index is 2.85. The number of carbonyl (C=O) groups excluding carboxylic acids is 3. The molecule has 0 heterocycles. The SMILES string of the molecule is COC(=O)[C@@H](CC(=O)[C@H](NC(=O)OC(C)(C)C)C(C)C)Cc1ccccc1. The highest BCUT2D eigenvalue weighted by Crippen LogP contribution is 2.18. The molecule has 1 N–H and O–H groups in total. The fourth-order valence-corrected chi connectivity index (χ4v) is 2.73. The molecule has 0 saturated carbocycles. The van der Waals surface area contributed by atoms with Crippen LogP contribution >= 0.6 is 0 Å².